The Kier molecular flexibility index (Phi) is 6.97. The SMILES string of the molecule is Cc1cc(C)c(NC(=O)C[NH+]2CCN(S(=O)(=O)c3ccccc3C(F)(F)F)CC2)c(C)c1. The highest BCUT2D eigenvalue weighted by Crippen LogP contribution is 2.35. The number of nitrogens with one attached hydrogen (secondary N) is 2. The molecule has 1 fully saturated rings. The van der Waals surface area contributed by atoms with Crippen LogP contribution in [0, 0.1) is 20.8 Å². The van der Waals surface area contributed by atoms with E-state index in [4.69, 9.17) is 0 Å². The van der Waals surface area contributed by atoms with Crippen LogP contribution >= 0.6 is 0 Å². The molecule has 0 aromatic heterocycles. The number of hydrogen-bond donors (Lipinski definition) is 2. The van der Waals surface area contributed by atoms with Gasteiger partial charge in [0.1, 0.15) is 0 Å². The van der Waals surface area contributed by atoms with E-state index < -0.39 is 26.7 Å². The minimum absolute atomic E-state index is 0.0414. The third-order valence-corrected chi connectivity index (χ3v) is 7.55. The molecule has 6 nitrogen and oxygen atoms in total. The highest BCUT2D eigenvalue weighted by molar-refractivity contribution is 7.89. The summed E-state index contributed by atoms with van der Waals surface area (Å²) in [5.74, 6) is -0.186. The highest BCUT2D eigenvalue weighted by Gasteiger charge is 2.40. The lowest BCUT2D eigenvalue weighted by molar-refractivity contribution is -0.895. The Hall–Kier alpha value is -2.43. The van der Waals surface area contributed by atoms with Gasteiger partial charge >= 0.3 is 6.18 Å². The molecular weight excluding hydrogens is 443 g/mol. The number of piperazine rings is 1. The van der Waals surface area contributed by atoms with Gasteiger partial charge in [0.05, 0.1) is 36.6 Å². The lowest BCUT2D eigenvalue weighted by Crippen LogP contribution is -3.15. The first-order valence-corrected chi connectivity index (χ1v) is 11.7. The van der Waals surface area contributed by atoms with Crippen molar-refractivity contribution in [3.63, 3.8) is 0 Å². The number of benzene rings is 2. The second-order valence-corrected chi connectivity index (χ2v) is 10.1. The number of carbonyl (C=O) groups is 1. The van der Waals surface area contributed by atoms with Crippen LogP contribution in [0.15, 0.2) is 41.3 Å². The fraction of sp³-hybridized carbons (Fsp3) is 0.409. The monoisotopic (exact) mass is 470 g/mol. The van der Waals surface area contributed by atoms with Crippen LogP contribution in [0.1, 0.15) is 22.3 Å². The summed E-state index contributed by atoms with van der Waals surface area (Å²) in [5, 5.41) is 2.93. The molecule has 10 heteroatoms. The molecule has 1 heterocycles. The van der Waals surface area contributed by atoms with Gasteiger partial charge in [-0.3, -0.25) is 4.79 Å². The number of sulfonamides is 1. The highest BCUT2D eigenvalue weighted by atomic mass is 32.2. The van der Waals surface area contributed by atoms with E-state index in [1.54, 1.807) is 0 Å². The molecule has 0 saturated carbocycles. The van der Waals surface area contributed by atoms with Gasteiger partial charge in [0, 0.05) is 5.69 Å². The predicted octanol–water partition coefficient (Wildman–Crippen LogP) is 2.16. The predicted molar refractivity (Wildman–Crippen MR) is 115 cm³/mol. The van der Waals surface area contributed by atoms with Crippen molar-refractivity contribution in [1.29, 1.82) is 0 Å². The fourth-order valence-electron chi connectivity index (χ4n) is 4.07. The van der Waals surface area contributed by atoms with E-state index in [1.807, 2.05) is 32.9 Å². The molecule has 0 unspecified atom stereocenters. The molecule has 1 aliphatic rings. The van der Waals surface area contributed by atoms with Crippen molar-refractivity contribution >= 4 is 21.6 Å². The minimum atomic E-state index is -4.76. The first kappa shape index (κ1) is 24.2. The molecule has 1 saturated heterocycles. The maximum Gasteiger partial charge on any atom is 0.417 e. The first-order chi connectivity index (χ1) is 14.9. The van der Waals surface area contributed by atoms with Crippen LogP contribution in [0.2, 0.25) is 0 Å². The molecule has 174 valence electrons. The van der Waals surface area contributed by atoms with Gasteiger partial charge in [0.25, 0.3) is 5.91 Å². The number of aryl methyl sites for hydroxylation is 3. The lowest BCUT2D eigenvalue weighted by Gasteiger charge is -2.31. The minimum Gasteiger partial charge on any atom is -0.325 e. The number of amides is 1. The molecule has 2 N–H and O–H groups in total. The summed E-state index contributed by atoms with van der Waals surface area (Å²) in [7, 11) is -4.29. The molecule has 32 heavy (non-hydrogen) atoms. The summed E-state index contributed by atoms with van der Waals surface area (Å²) < 4.78 is 66.6. The Morgan fingerprint density at radius 3 is 2.19 bits per heavy atom. The maximum absolute atomic E-state index is 13.3. The van der Waals surface area contributed by atoms with E-state index in [1.165, 1.54) is 12.1 Å². The van der Waals surface area contributed by atoms with Crippen molar-refractivity contribution in [2.75, 3.05) is 38.0 Å². The summed E-state index contributed by atoms with van der Waals surface area (Å²) >= 11 is 0. The first-order valence-electron chi connectivity index (χ1n) is 10.3. The van der Waals surface area contributed by atoms with Crippen LogP contribution < -0.4 is 10.2 Å². The Balaban J connectivity index is 1.64. The average Bonchev–Trinajstić information content (AvgIpc) is 2.70. The van der Waals surface area contributed by atoms with Crippen molar-refractivity contribution in [3.8, 4) is 0 Å². The number of carbonyl (C=O) groups excluding carboxylic acids is 1. The lowest BCUT2D eigenvalue weighted by atomic mass is 10.1. The molecule has 0 radical (unpaired) electrons. The number of rotatable bonds is 5. The smallest absolute Gasteiger partial charge is 0.325 e. The van der Waals surface area contributed by atoms with Gasteiger partial charge in [-0.15, -0.1) is 0 Å². The molecular formula is C22H27F3N3O3S+. The third-order valence-electron chi connectivity index (χ3n) is 5.59. The van der Waals surface area contributed by atoms with E-state index in [-0.39, 0.29) is 25.5 Å². The fourth-order valence-corrected chi connectivity index (χ4v) is 5.73. The molecule has 1 aliphatic heterocycles. The van der Waals surface area contributed by atoms with Crippen molar-refractivity contribution in [3.05, 3.63) is 58.7 Å². The average molecular weight is 471 g/mol. The topological polar surface area (TPSA) is 70.9 Å². The molecule has 0 atom stereocenters. The van der Waals surface area contributed by atoms with E-state index in [2.05, 4.69) is 5.32 Å². The van der Waals surface area contributed by atoms with Crippen LogP contribution in [-0.4, -0.2) is 51.4 Å². The van der Waals surface area contributed by atoms with Gasteiger partial charge in [0.2, 0.25) is 10.0 Å². The number of anilines is 1. The van der Waals surface area contributed by atoms with Gasteiger partial charge < -0.3 is 10.2 Å². The number of halogens is 3. The van der Waals surface area contributed by atoms with Crippen LogP contribution in [0.4, 0.5) is 18.9 Å². The van der Waals surface area contributed by atoms with Crippen LogP contribution in [0.3, 0.4) is 0 Å². The third kappa shape index (κ3) is 5.31. The Morgan fingerprint density at radius 2 is 1.62 bits per heavy atom. The summed E-state index contributed by atoms with van der Waals surface area (Å²) in [6.07, 6.45) is -4.76. The second-order valence-electron chi connectivity index (χ2n) is 8.15. The van der Waals surface area contributed by atoms with Gasteiger partial charge in [-0.2, -0.15) is 17.5 Å². The van der Waals surface area contributed by atoms with Gasteiger partial charge in [-0.1, -0.05) is 29.8 Å². The number of hydrogen-bond acceptors (Lipinski definition) is 3. The van der Waals surface area contributed by atoms with Crippen molar-refractivity contribution in [1.82, 2.24) is 4.31 Å². The molecule has 0 spiro atoms. The number of nitrogens with zero attached hydrogens (tertiary/aromatic N) is 1. The van der Waals surface area contributed by atoms with Crippen molar-refractivity contribution in [2.45, 2.75) is 31.8 Å². The zero-order valence-corrected chi connectivity index (χ0v) is 19.0. The van der Waals surface area contributed by atoms with Crippen molar-refractivity contribution < 1.29 is 31.3 Å². The number of quaternary nitrogens is 1. The standard InChI is InChI=1S/C22H26F3N3O3S/c1-15-12-16(2)21(17(3)13-15)26-20(29)14-27-8-10-28(11-9-27)32(30,31)19-7-5-4-6-18(19)22(23,24)25/h4-7,12-13H,8-11,14H2,1-3H3,(H,26,29)/p+1. The summed E-state index contributed by atoms with van der Waals surface area (Å²) in [5.41, 5.74) is 2.63. The molecule has 0 aliphatic carbocycles. The molecule has 3 rings (SSSR count). The van der Waals surface area contributed by atoms with E-state index in [0.29, 0.717) is 13.1 Å². The molecule has 1 amide bonds. The Bertz CT molecular complexity index is 1090. The summed E-state index contributed by atoms with van der Waals surface area (Å²) in [6.45, 7) is 6.71. The maximum atomic E-state index is 13.3. The van der Waals surface area contributed by atoms with Gasteiger partial charge in [-0.25, -0.2) is 8.42 Å². The quantitative estimate of drug-likeness (QED) is 0.704. The molecule has 2 aromatic rings. The van der Waals surface area contributed by atoms with Gasteiger partial charge in [0.15, 0.2) is 6.54 Å². The zero-order chi connectivity index (χ0) is 23.7. The number of alkyl halides is 3. The summed E-state index contributed by atoms with van der Waals surface area (Å²) in [6, 6.07) is 8.17. The Labute approximate surface area is 186 Å². The van der Waals surface area contributed by atoms with E-state index >= 15 is 0 Å². The Morgan fingerprint density at radius 1 is 1.06 bits per heavy atom. The summed E-state index contributed by atoms with van der Waals surface area (Å²) in [4.78, 5) is 12.7. The van der Waals surface area contributed by atoms with Crippen LogP contribution in [-0.2, 0) is 21.0 Å². The normalized spacial score (nSPS) is 16.2. The van der Waals surface area contributed by atoms with E-state index in [0.717, 1.165) is 43.7 Å². The van der Waals surface area contributed by atoms with E-state index in [9.17, 15) is 26.4 Å². The second kappa shape index (κ2) is 9.21. The molecule has 0 bridgehead atoms. The largest absolute Gasteiger partial charge is 0.417 e. The zero-order valence-electron chi connectivity index (χ0n) is 18.2. The van der Waals surface area contributed by atoms with Gasteiger partial charge in [-0.05, 0) is 44.0 Å². The van der Waals surface area contributed by atoms with Crippen LogP contribution in [0.25, 0.3) is 0 Å². The van der Waals surface area contributed by atoms with Crippen molar-refractivity contribution in [2.24, 2.45) is 0 Å². The van der Waals surface area contributed by atoms with Crippen LogP contribution in [0.5, 0.6) is 0 Å². The molecule has 2 aromatic carbocycles.